The Morgan fingerprint density at radius 1 is 1.48 bits per heavy atom. The average Bonchev–Trinajstić information content (AvgIpc) is 2.85. The van der Waals surface area contributed by atoms with Gasteiger partial charge in [-0.05, 0) is 30.5 Å². The van der Waals surface area contributed by atoms with Crippen LogP contribution in [0.2, 0.25) is 5.02 Å². The van der Waals surface area contributed by atoms with E-state index in [1.54, 1.807) is 12.1 Å². The fourth-order valence-electron chi connectivity index (χ4n) is 1.84. The molecule has 0 unspecified atom stereocenters. The number of aromatic nitrogens is 1. The number of nitrogens with two attached hydrogens (primary N) is 1. The maximum Gasteiger partial charge on any atom is 0.224 e. The lowest BCUT2D eigenvalue weighted by molar-refractivity contribution is -0.120. The predicted molar refractivity (Wildman–Crippen MR) is 84.7 cm³/mol. The second-order valence-corrected chi connectivity index (χ2v) is 5.89. The molecule has 2 rings (SSSR count). The number of phenolic OH excluding ortho intramolecular Hbond substituents is 1. The summed E-state index contributed by atoms with van der Waals surface area (Å²) in [4.78, 5) is 15.9. The summed E-state index contributed by atoms with van der Waals surface area (Å²) in [7, 11) is 0. The molecule has 0 spiro atoms. The molecule has 1 aromatic heterocycles. The number of carbonyl (C=O) groups excluding carboxylic acids is 1. The maximum absolute atomic E-state index is 11.8. The molecular formula is C14H16ClN3O2S. The van der Waals surface area contributed by atoms with Gasteiger partial charge in [-0.25, -0.2) is 4.98 Å². The van der Waals surface area contributed by atoms with Crippen LogP contribution in [0, 0.1) is 0 Å². The lowest BCUT2D eigenvalue weighted by Crippen LogP contribution is -2.26. The Morgan fingerprint density at radius 2 is 2.29 bits per heavy atom. The van der Waals surface area contributed by atoms with Crippen molar-refractivity contribution in [3.05, 3.63) is 39.9 Å². The molecule has 1 aromatic carbocycles. The van der Waals surface area contributed by atoms with Crippen molar-refractivity contribution in [2.24, 2.45) is 0 Å². The summed E-state index contributed by atoms with van der Waals surface area (Å²) in [6, 6.07) is 4.75. The fraction of sp³-hybridized carbons (Fsp3) is 0.286. The maximum atomic E-state index is 11.8. The Morgan fingerprint density at radius 3 is 2.95 bits per heavy atom. The molecule has 2 aromatic rings. The predicted octanol–water partition coefficient (Wildman–Crippen LogP) is 2.38. The zero-order valence-corrected chi connectivity index (χ0v) is 12.9. The number of hydrogen-bond acceptors (Lipinski definition) is 5. The molecular weight excluding hydrogens is 310 g/mol. The summed E-state index contributed by atoms with van der Waals surface area (Å²) in [5, 5.41) is 14.9. The number of aryl methyl sites for hydroxylation is 1. The minimum atomic E-state index is -0.0745. The molecule has 4 N–H and O–H groups in total. The molecule has 0 fully saturated rings. The number of nitrogen functional groups attached to an aromatic ring is 1. The van der Waals surface area contributed by atoms with Crippen molar-refractivity contribution in [3.63, 3.8) is 0 Å². The average molecular weight is 326 g/mol. The number of thiazole rings is 1. The van der Waals surface area contributed by atoms with E-state index in [9.17, 15) is 9.90 Å². The number of rotatable bonds is 6. The molecule has 0 saturated heterocycles. The van der Waals surface area contributed by atoms with Crippen LogP contribution in [-0.4, -0.2) is 22.5 Å². The van der Waals surface area contributed by atoms with Gasteiger partial charge in [-0.1, -0.05) is 17.7 Å². The van der Waals surface area contributed by atoms with Crippen molar-refractivity contribution in [1.29, 1.82) is 0 Å². The van der Waals surface area contributed by atoms with Crippen molar-refractivity contribution in [1.82, 2.24) is 10.3 Å². The van der Waals surface area contributed by atoms with E-state index in [0.29, 0.717) is 11.7 Å². The number of phenols is 1. The van der Waals surface area contributed by atoms with Crippen LogP contribution >= 0.6 is 22.9 Å². The number of carbonyl (C=O) groups is 1. The molecule has 0 aliphatic carbocycles. The molecule has 0 aliphatic rings. The molecule has 21 heavy (non-hydrogen) atoms. The van der Waals surface area contributed by atoms with Gasteiger partial charge in [0, 0.05) is 11.9 Å². The first-order valence-electron chi connectivity index (χ1n) is 6.48. The molecule has 0 saturated carbocycles. The molecule has 5 nitrogen and oxygen atoms in total. The Hall–Kier alpha value is -1.79. The van der Waals surface area contributed by atoms with Crippen molar-refractivity contribution in [2.75, 3.05) is 12.3 Å². The van der Waals surface area contributed by atoms with Gasteiger partial charge in [0.05, 0.1) is 17.1 Å². The van der Waals surface area contributed by atoms with E-state index >= 15 is 0 Å². The first kappa shape index (κ1) is 15.6. The highest BCUT2D eigenvalue weighted by atomic mass is 35.5. The number of aromatic hydroxyl groups is 1. The van der Waals surface area contributed by atoms with Gasteiger partial charge in [0.25, 0.3) is 0 Å². The third kappa shape index (κ3) is 4.91. The quantitative estimate of drug-likeness (QED) is 0.711. The highest BCUT2D eigenvalue weighted by Crippen LogP contribution is 2.23. The van der Waals surface area contributed by atoms with E-state index < -0.39 is 0 Å². The zero-order chi connectivity index (χ0) is 15.2. The van der Waals surface area contributed by atoms with Crippen LogP contribution in [0.5, 0.6) is 5.75 Å². The lowest BCUT2D eigenvalue weighted by atomic mass is 10.1. The Kier molecular flexibility index (Phi) is 5.41. The summed E-state index contributed by atoms with van der Waals surface area (Å²) in [6.45, 7) is 0.585. The van der Waals surface area contributed by atoms with E-state index in [4.69, 9.17) is 17.3 Å². The van der Waals surface area contributed by atoms with Crippen molar-refractivity contribution >= 4 is 34.0 Å². The van der Waals surface area contributed by atoms with Gasteiger partial charge in [0.1, 0.15) is 5.75 Å². The van der Waals surface area contributed by atoms with Gasteiger partial charge in [0.15, 0.2) is 5.13 Å². The van der Waals surface area contributed by atoms with Gasteiger partial charge >= 0.3 is 0 Å². The van der Waals surface area contributed by atoms with Crippen LogP contribution in [0.3, 0.4) is 0 Å². The van der Waals surface area contributed by atoms with E-state index in [2.05, 4.69) is 10.3 Å². The second kappa shape index (κ2) is 7.28. The standard InChI is InChI=1S/C14H16ClN3O2S/c15-11-6-9(3-4-12(11)19)7-13(20)17-5-1-2-10-8-21-14(16)18-10/h3-4,6,8,19H,1-2,5,7H2,(H2,16,18)(H,17,20). The topological polar surface area (TPSA) is 88.2 Å². The fourth-order valence-corrected chi connectivity index (χ4v) is 2.64. The minimum absolute atomic E-state index is 0.0170. The van der Waals surface area contributed by atoms with Crippen LogP contribution in [0.25, 0.3) is 0 Å². The van der Waals surface area contributed by atoms with Crippen LogP contribution in [0.1, 0.15) is 17.7 Å². The number of anilines is 1. The van der Waals surface area contributed by atoms with E-state index in [1.165, 1.54) is 17.4 Å². The summed E-state index contributed by atoms with van der Waals surface area (Å²) in [5.41, 5.74) is 7.27. The van der Waals surface area contributed by atoms with Gasteiger partial charge in [-0.3, -0.25) is 4.79 Å². The molecule has 1 amide bonds. The summed E-state index contributed by atoms with van der Waals surface area (Å²) in [5.74, 6) is -0.0575. The van der Waals surface area contributed by atoms with Crippen LogP contribution in [0.15, 0.2) is 23.6 Å². The van der Waals surface area contributed by atoms with E-state index in [-0.39, 0.29) is 23.1 Å². The number of hydrogen-bond donors (Lipinski definition) is 3. The number of halogens is 1. The Balaban J connectivity index is 1.71. The molecule has 0 aliphatic heterocycles. The highest BCUT2D eigenvalue weighted by molar-refractivity contribution is 7.13. The number of benzene rings is 1. The van der Waals surface area contributed by atoms with Gasteiger partial charge in [-0.15, -0.1) is 11.3 Å². The van der Waals surface area contributed by atoms with Gasteiger partial charge < -0.3 is 16.2 Å². The molecule has 0 radical (unpaired) electrons. The highest BCUT2D eigenvalue weighted by Gasteiger charge is 2.06. The third-order valence-electron chi connectivity index (χ3n) is 2.88. The molecule has 112 valence electrons. The summed E-state index contributed by atoms with van der Waals surface area (Å²) >= 11 is 7.22. The minimum Gasteiger partial charge on any atom is -0.506 e. The van der Waals surface area contributed by atoms with Crippen LogP contribution < -0.4 is 11.1 Å². The monoisotopic (exact) mass is 325 g/mol. The lowest BCUT2D eigenvalue weighted by Gasteiger charge is -2.05. The van der Waals surface area contributed by atoms with Crippen molar-refractivity contribution < 1.29 is 9.90 Å². The van der Waals surface area contributed by atoms with Crippen LogP contribution in [-0.2, 0) is 17.6 Å². The summed E-state index contributed by atoms with van der Waals surface area (Å²) < 4.78 is 0. The van der Waals surface area contributed by atoms with Crippen LogP contribution in [0.4, 0.5) is 5.13 Å². The molecule has 0 atom stereocenters. The Labute approximate surface area is 131 Å². The van der Waals surface area contributed by atoms with Crippen molar-refractivity contribution in [3.8, 4) is 5.75 Å². The van der Waals surface area contributed by atoms with E-state index in [0.717, 1.165) is 24.1 Å². The van der Waals surface area contributed by atoms with E-state index in [1.807, 2.05) is 5.38 Å². The number of nitrogens with one attached hydrogen (secondary N) is 1. The largest absolute Gasteiger partial charge is 0.506 e. The first-order valence-corrected chi connectivity index (χ1v) is 7.74. The van der Waals surface area contributed by atoms with Gasteiger partial charge in [0.2, 0.25) is 5.91 Å². The SMILES string of the molecule is Nc1nc(CCCNC(=O)Cc2ccc(O)c(Cl)c2)cs1. The first-order chi connectivity index (χ1) is 10.0. The molecule has 1 heterocycles. The zero-order valence-electron chi connectivity index (χ0n) is 11.3. The molecule has 7 heteroatoms. The second-order valence-electron chi connectivity index (χ2n) is 4.59. The number of amides is 1. The molecule has 0 bridgehead atoms. The third-order valence-corrected chi connectivity index (χ3v) is 3.90. The Bertz CT molecular complexity index is 630. The normalized spacial score (nSPS) is 10.5. The summed E-state index contributed by atoms with van der Waals surface area (Å²) in [6.07, 6.45) is 1.84. The smallest absolute Gasteiger partial charge is 0.224 e. The van der Waals surface area contributed by atoms with Gasteiger partial charge in [-0.2, -0.15) is 0 Å². The van der Waals surface area contributed by atoms with Crippen molar-refractivity contribution in [2.45, 2.75) is 19.3 Å². The number of nitrogens with zero attached hydrogens (tertiary/aromatic N) is 1.